The van der Waals surface area contributed by atoms with E-state index in [4.69, 9.17) is 14.2 Å². The lowest BCUT2D eigenvalue weighted by Gasteiger charge is -2.10. The molecule has 2 rings (SSSR count). The monoisotopic (exact) mass is 362 g/mol. The normalized spacial score (nSPS) is 15.1. The molecule has 8 heteroatoms. The fourth-order valence-electron chi connectivity index (χ4n) is 2.40. The fraction of sp³-hybridized carbons (Fsp3) is 0.389. The van der Waals surface area contributed by atoms with Crippen LogP contribution < -0.4 is 20.3 Å². The van der Waals surface area contributed by atoms with Gasteiger partial charge in [0.15, 0.2) is 6.61 Å². The van der Waals surface area contributed by atoms with Crippen LogP contribution in [0, 0.1) is 0 Å². The van der Waals surface area contributed by atoms with Crippen molar-refractivity contribution in [1.29, 1.82) is 0 Å². The maximum Gasteiger partial charge on any atom is 0.331 e. The first kappa shape index (κ1) is 19.3. The van der Waals surface area contributed by atoms with Gasteiger partial charge in [0.05, 0.1) is 6.61 Å². The molecule has 1 aromatic carbocycles. The summed E-state index contributed by atoms with van der Waals surface area (Å²) >= 11 is 0. The summed E-state index contributed by atoms with van der Waals surface area (Å²) in [6, 6.07) is 3.73. The number of ether oxygens (including phenoxy) is 3. The highest BCUT2D eigenvalue weighted by Gasteiger charge is 2.21. The Morgan fingerprint density at radius 1 is 1.31 bits per heavy atom. The third-order valence-electron chi connectivity index (χ3n) is 3.45. The van der Waals surface area contributed by atoms with Crippen LogP contribution in [0.15, 0.2) is 18.2 Å². The van der Waals surface area contributed by atoms with Gasteiger partial charge in [0.1, 0.15) is 17.6 Å². The van der Waals surface area contributed by atoms with E-state index in [1.165, 1.54) is 13.0 Å². The summed E-state index contributed by atoms with van der Waals surface area (Å²) in [5, 5.41) is 0. The van der Waals surface area contributed by atoms with Gasteiger partial charge < -0.3 is 14.2 Å². The number of amides is 2. The first-order chi connectivity index (χ1) is 12.4. The molecule has 140 valence electrons. The topological polar surface area (TPSA) is 103 Å². The highest BCUT2D eigenvalue weighted by Crippen LogP contribution is 2.35. The molecule has 1 heterocycles. The third-order valence-corrected chi connectivity index (χ3v) is 3.45. The lowest BCUT2D eigenvalue weighted by Crippen LogP contribution is -2.42. The van der Waals surface area contributed by atoms with Crippen molar-refractivity contribution in [2.45, 2.75) is 33.3 Å². The van der Waals surface area contributed by atoms with Gasteiger partial charge in [0, 0.05) is 30.5 Å². The molecule has 8 nitrogen and oxygen atoms in total. The summed E-state index contributed by atoms with van der Waals surface area (Å²) in [5.74, 6) is -0.349. The van der Waals surface area contributed by atoms with Gasteiger partial charge in [0.2, 0.25) is 5.91 Å². The van der Waals surface area contributed by atoms with Crippen molar-refractivity contribution in [3.63, 3.8) is 0 Å². The Hall–Kier alpha value is -3.03. The number of hydrogen-bond donors (Lipinski definition) is 2. The minimum absolute atomic E-state index is 0.103. The Morgan fingerprint density at radius 3 is 2.77 bits per heavy atom. The van der Waals surface area contributed by atoms with E-state index in [0.717, 1.165) is 17.7 Å². The van der Waals surface area contributed by atoms with E-state index in [0.29, 0.717) is 17.9 Å². The quantitative estimate of drug-likeness (QED) is 0.447. The average Bonchev–Trinajstić information content (AvgIpc) is 2.95. The Morgan fingerprint density at radius 2 is 2.08 bits per heavy atom. The van der Waals surface area contributed by atoms with Crippen LogP contribution in [0.3, 0.4) is 0 Å². The molecule has 0 saturated carbocycles. The molecule has 0 radical (unpaired) electrons. The number of hydrogen-bond acceptors (Lipinski definition) is 6. The summed E-state index contributed by atoms with van der Waals surface area (Å²) in [4.78, 5) is 33.8. The second-order valence-electron chi connectivity index (χ2n) is 5.73. The second kappa shape index (κ2) is 8.89. The van der Waals surface area contributed by atoms with Gasteiger partial charge in [-0.1, -0.05) is 0 Å². The van der Waals surface area contributed by atoms with Crippen molar-refractivity contribution < 1.29 is 28.6 Å². The van der Waals surface area contributed by atoms with Crippen LogP contribution >= 0.6 is 0 Å². The van der Waals surface area contributed by atoms with Gasteiger partial charge in [-0.15, -0.1) is 0 Å². The van der Waals surface area contributed by atoms with Crippen molar-refractivity contribution >= 4 is 23.9 Å². The molecular weight excluding hydrogens is 340 g/mol. The first-order valence-electron chi connectivity index (χ1n) is 8.25. The Balaban J connectivity index is 1.98. The molecule has 0 bridgehead atoms. The second-order valence-corrected chi connectivity index (χ2v) is 5.73. The molecule has 1 aliphatic rings. The lowest BCUT2D eigenvalue weighted by atomic mass is 10.1. The fourth-order valence-corrected chi connectivity index (χ4v) is 2.40. The number of hydrazine groups is 1. The first-order valence-corrected chi connectivity index (χ1v) is 8.25. The molecule has 0 saturated heterocycles. The van der Waals surface area contributed by atoms with Crippen LogP contribution in [-0.4, -0.2) is 37.1 Å². The third kappa shape index (κ3) is 5.51. The molecule has 1 aromatic rings. The maximum atomic E-state index is 11.8. The van der Waals surface area contributed by atoms with E-state index in [1.807, 2.05) is 26.0 Å². The molecule has 0 fully saturated rings. The molecule has 0 spiro atoms. The molecule has 2 amide bonds. The molecule has 0 unspecified atom stereocenters. The Labute approximate surface area is 151 Å². The number of carbonyl (C=O) groups excluding carboxylic acids is 3. The van der Waals surface area contributed by atoms with Gasteiger partial charge in [-0.2, -0.15) is 0 Å². The minimum Gasteiger partial charge on any atom is -0.493 e. The van der Waals surface area contributed by atoms with E-state index < -0.39 is 24.4 Å². The van der Waals surface area contributed by atoms with Gasteiger partial charge in [0.25, 0.3) is 5.91 Å². The summed E-state index contributed by atoms with van der Waals surface area (Å²) in [7, 11) is 0. The smallest absolute Gasteiger partial charge is 0.331 e. The van der Waals surface area contributed by atoms with Crippen LogP contribution in [0.2, 0.25) is 0 Å². The number of carbonyl (C=O) groups is 3. The van der Waals surface area contributed by atoms with Crippen molar-refractivity contribution in [1.82, 2.24) is 10.9 Å². The Bertz CT molecular complexity index is 729. The zero-order valence-corrected chi connectivity index (χ0v) is 15.0. The summed E-state index contributed by atoms with van der Waals surface area (Å²) in [6.45, 7) is 5.09. The summed E-state index contributed by atoms with van der Waals surface area (Å²) < 4.78 is 16.1. The lowest BCUT2D eigenvalue weighted by molar-refractivity contribution is -0.144. The van der Waals surface area contributed by atoms with Gasteiger partial charge in [-0.3, -0.25) is 20.4 Å². The number of nitrogens with one attached hydrogen (secondary N) is 2. The number of fused-ring (bicyclic) bond motifs is 1. The molecule has 0 aromatic heterocycles. The van der Waals surface area contributed by atoms with Crippen molar-refractivity contribution in [3.05, 3.63) is 29.3 Å². The summed E-state index contributed by atoms with van der Waals surface area (Å²) in [6.07, 6.45) is 3.66. The van der Waals surface area contributed by atoms with Crippen LogP contribution in [0.1, 0.15) is 31.9 Å². The van der Waals surface area contributed by atoms with Crippen LogP contribution in [0.4, 0.5) is 0 Å². The Kier molecular flexibility index (Phi) is 6.60. The zero-order chi connectivity index (χ0) is 19.1. The molecule has 2 N–H and O–H groups in total. The van der Waals surface area contributed by atoms with Crippen molar-refractivity contribution in [3.8, 4) is 11.5 Å². The van der Waals surface area contributed by atoms with E-state index in [1.54, 1.807) is 6.08 Å². The van der Waals surface area contributed by atoms with Gasteiger partial charge in [-0.05, 0) is 32.1 Å². The molecule has 1 aliphatic heterocycles. The van der Waals surface area contributed by atoms with Crippen molar-refractivity contribution in [2.24, 2.45) is 0 Å². The number of benzene rings is 1. The number of esters is 1. The van der Waals surface area contributed by atoms with E-state index in [-0.39, 0.29) is 6.10 Å². The highest BCUT2D eigenvalue weighted by molar-refractivity contribution is 5.90. The number of rotatable bonds is 6. The summed E-state index contributed by atoms with van der Waals surface area (Å²) in [5.41, 5.74) is 5.94. The molecule has 26 heavy (non-hydrogen) atoms. The molecular formula is C18H22N2O6. The largest absolute Gasteiger partial charge is 0.493 e. The van der Waals surface area contributed by atoms with Crippen LogP contribution in [0.25, 0.3) is 6.08 Å². The van der Waals surface area contributed by atoms with E-state index in [9.17, 15) is 14.4 Å². The highest BCUT2D eigenvalue weighted by atomic mass is 16.5. The van der Waals surface area contributed by atoms with Crippen LogP contribution in [-0.2, 0) is 25.5 Å². The average molecular weight is 362 g/mol. The zero-order valence-electron chi connectivity index (χ0n) is 15.0. The predicted octanol–water partition coefficient (Wildman–Crippen LogP) is 1.13. The van der Waals surface area contributed by atoms with Crippen molar-refractivity contribution in [2.75, 3.05) is 13.2 Å². The van der Waals surface area contributed by atoms with E-state index >= 15 is 0 Å². The maximum absolute atomic E-state index is 11.8. The molecule has 0 aliphatic carbocycles. The SMILES string of the molecule is CCOc1cc2c(cc1/C=C/C(=O)OCC(=O)NNC(C)=O)O[C@@H](C)C2. The van der Waals surface area contributed by atoms with Gasteiger partial charge in [-0.25, -0.2) is 4.79 Å². The van der Waals surface area contributed by atoms with Gasteiger partial charge >= 0.3 is 5.97 Å². The van der Waals surface area contributed by atoms with Crippen LogP contribution in [0.5, 0.6) is 11.5 Å². The standard InChI is InChI=1S/C18H22N2O6/c1-4-24-15-9-14-7-11(2)26-16(14)8-13(15)5-6-18(23)25-10-17(22)20-19-12(3)21/h5-6,8-9,11H,4,7,10H2,1-3H3,(H,19,21)(H,20,22)/b6-5+/t11-/m0/s1. The minimum atomic E-state index is -0.694. The molecule has 1 atom stereocenters. The predicted molar refractivity (Wildman–Crippen MR) is 93.4 cm³/mol. The van der Waals surface area contributed by atoms with E-state index in [2.05, 4.69) is 10.9 Å².